The van der Waals surface area contributed by atoms with E-state index in [2.05, 4.69) is 37.2 Å². The van der Waals surface area contributed by atoms with Gasteiger partial charge < -0.3 is 11.1 Å². The van der Waals surface area contributed by atoms with Crippen LogP contribution in [-0.2, 0) is 0 Å². The summed E-state index contributed by atoms with van der Waals surface area (Å²) in [5.74, 6) is -0.211. The zero-order valence-corrected chi connectivity index (χ0v) is 14.2. The molecule has 0 saturated heterocycles. The summed E-state index contributed by atoms with van der Waals surface area (Å²) in [7, 11) is 0. The van der Waals surface area contributed by atoms with Gasteiger partial charge in [0.2, 0.25) is 0 Å². The second-order valence-electron chi connectivity index (χ2n) is 3.60. The fourth-order valence-electron chi connectivity index (χ4n) is 1.49. The van der Waals surface area contributed by atoms with E-state index < -0.39 is 0 Å². The number of amides is 1. The third kappa shape index (κ3) is 3.42. The maximum absolute atomic E-state index is 12.2. The normalized spacial score (nSPS) is 10.2. The molecule has 0 aliphatic heterocycles. The number of benzene rings is 1. The van der Waals surface area contributed by atoms with E-state index in [4.69, 9.17) is 18.0 Å². The fourth-order valence-corrected chi connectivity index (χ4v) is 4.46. The first-order chi connectivity index (χ1) is 8.99. The predicted molar refractivity (Wildman–Crippen MR) is 90.0 cm³/mol. The van der Waals surface area contributed by atoms with Gasteiger partial charge in [-0.2, -0.15) is 0 Å². The molecule has 0 unspecified atom stereocenters. The van der Waals surface area contributed by atoms with Gasteiger partial charge in [-0.15, -0.1) is 11.3 Å². The lowest BCUT2D eigenvalue weighted by Gasteiger charge is -2.09. The van der Waals surface area contributed by atoms with Crippen molar-refractivity contribution in [3.8, 4) is 0 Å². The summed E-state index contributed by atoms with van der Waals surface area (Å²) in [5.41, 5.74) is 7.45. The molecular weight excluding hydrogens is 412 g/mol. The van der Waals surface area contributed by atoms with Gasteiger partial charge in [-0.3, -0.25) is 4.79 Å². The molecule has 0 aliphatic rings. The molecule has 0 atom stereocenters. The molecule has 0 fully saturated rings. The molecule has 0 saturated carbocycles. The third-order valence-electron chi connectivity index (χ3n) is 2.34. The predicted octanol–water partition coefficient (Wildman–Crippen LogP) is 4.16. The van der Waals surface area contributed by atoms with Crippen molar-refractivity contribution in [2.45, 2.75) is 0 Å². The Bertz CT molecular complexity index is 655. The summed E-state index contributed by atoms with van der Waals surface area (Å²) in [6.45, 7) is 0. The van der Waals surface area contributed by atoms with E-state index >= 15 is 0 Å². The molecule has 1 aromatic heterocycles. The number of rotatable bonds is 3. The number of thiocarbonyl (C=S) groups is 1. The van der Waals surface area contributed by atoms with Crippen molar-refractivity contribution in [2.24, 2.45) is 5.73 Å². The summed E-state index contributed by atoms with van der Waals surface area (Å²) in [6, 6.07) is 8.93. The van der Waals surface area contributed by atoms with Crippen molar-refractivity contribution >= 4 is 72.0 Å². The van der Waals surface area contributed by atoms with Gasteiger partial charge in [0.05, 0.1) is 18.8 Å². The van der Waals surface area contributed by atoms with Crippen molar-refractivity contribution < 1.29 is 4.79 Å². The Morgan fingerprint density at radius 3 is 2.53 bits per heavy atom. The van der Waals surface area contributed by atoms with Crippen molar-refractivity contribution in [1.82, 2.24) is 0 Å². The number of halogens is 2. The molecule has 3 nitrogen and oxygen atoms in total. The molecule has 19 heavy (non-hydrogen) atoms. The molecule has 98 valence electrons. The Morgan fingerprint density at radius 1 is 1.26 bits per heavy atom. The Morgan fingerprint density at radius 2 is 1.95 bits per heavy atom. The molecule has 2 rings (SSSR count). The van der Waals surface area contributed by atoms with Crippen LogP contribution in [0.3, 0.4) is 0 Å². The lowest BCUT2D eigenvalue weighted by Crippen LogP contribution is -2.17. The van der Waals surface area contributed by atoms with Crippen molar-refractivity contribution in [2.75, 3.05) is 5.32 Å². The van der Waals surface area contributed by atoms with Crippen LogP contribution >= 0.6 is 55.4 Å². The van der Waals surface area contributed by atoms with E-state index in [1.165, 1.54) is 11.3 Å². The van der Waals surface area contributed by atoms with Crippen LogP contribution in [0.2, 0.25) is 0 Å². The van der Waals surface area contributed by atoms with Gasteiger partial charge in [-0.1, -0.05) is 24.4 Å². The van der Waals surface area contributed by atoms with Crippen LogP contribution in [0.15, 0.2) is 37.9 Å². The summed E-state index contributed by atoms with van der Waals surface area (Å²) < 4.78 is 1.65. The molecule has 2 aromatic rings. The van der Waals surface area contributed by atoms with Crippen molar-refractivity contribution in [3.05, 3.63) is 49.0 Å². The number of nitrogens with two attached hydrogens (primary N) is 1. The first-order valence-electron chi connectivity index (χ1n) is 5.14. The van der Waals surface area contributed by atoms with Gasteiger partial charge in [0, 0.05) is 5.56 Å². The Hall–Kier alpha value is -0.760. The van der Waals surface area contributed by atoms with E-state index in [1.807, 2.05) is 12.1 Å². The van der Waals surface area contributed by atoms with Gasteiger partial charge in [0.15, 0.2) is 0 Å². The van der Waals surface area contributed by atoms with Gasteiger partial charge in [-0.25, -0.2) is 0 Å². The maximum atomic E-state index is 12.2. The van der Waals surface area contributed by atoms with Gasteiger partial charge in [0.1, 0.15) is 4.99 Å². The number of nitrogens with one attached hydrogen (secondary N) is 1. The molecule has 0 aliphatic carbocycles. The van der Waals surface area contributed by atoms with Crippen LogP contribution in [0.25, 0.3) is 0 Å². The van der Waals surface area contributed by atoms with E-state index in [9.17, 15) is 4.79 Å². The van der Waals surface area contributed by atoms with E-state index in [0.29, 0.717) is 16.8 Å². The van der Waals surface area contributed by atoms with Crippen LogP contribution in [0.5, 0.6) is 0 Å². The highest BCUT2D eigenvalue weighted by Gasteiger charge is 2.15. The highest BCUT2D eigenvalue weighted by Crippen LogP contribution is 2.32. The second kappa shape index (κ2) is 6.13. The number of carbonyl (C=O) groups excluding carboxylic acids is 1. The van der Waals surface area contributed by atoms with Gasteiger partial charge >= 0.3 is 0 Å². The summed E-state index contributed by atoms with van der Waals surface area (Å²) in [4.78, 5) is 12.4. The quantitative estimate of drug-likeness (QED) is 0.734. The highest BCUT2D eigenvalue weighted by atomic mass is 79.9. The van der Waals surface area contributed by atoms with Gasteiger partial charge in [0.25, 0.3) is 5.91 Å². The van der Waals surface area contributed by atoms with E-state index in [-0.39, 0.29) is 10.9 Å². The Labute approximate surface area is 136 Å². The lowest BCUT2D eigenvalue weighted by atomic mass is 10.1. The molecule has 1 heterocycles. The van der Waals surface area contributed by atoms with Crippen molar-refractivity contribution in [1.29, 1.82) is 0 Å². The number of thiophene rings is 1. The molecule has 0 bridgehead atoms. The first-order valence-corrected chi connectivity index (χ1v) is 7.95. The Kier molecular flexibility index (Phi) is 4.72. The second-order valence-corrected chi connectivity index (χ2v) is 7.79. The number of carbonyl (C=O) groups is 1. The molecule has 1 aromatic carbocycles. The minimum absolute atomic E-state index is 0.211. The summed E-state index contributed by atoms with van der Waals surface area (Å²) in [5, 5.41) is 2.81. The zero-order valence-electron chi connectivity index (χ0n) is 9.44. The number of anilines is 1. The summed E-state index contributed by atoms with van der Waals surface area (Å²) in [6.07, 6.45) is 0. The molecule has 0 radical (unpaired) electrons. The molecule has 0 spiro atoms. The molecule has 7 heteroatoms. The SMILES string of the molecule is NC(=S)c1ccccc1NC(=O)c1cc(Br)sc1Br. The highest BCUT2D eigenvalue weighted by molar-refractivity contribution is 9.12. The maximum Gasteiger partial charge on any atom is 0.257 e. The largest absolute Gasteiger partial charge is 0.389 e. The average molecular weight is 420 g/mol. The standard InChI is InChI=1S/C12H8Br2N2OS2/c13-9-5-7(10(14)19-9)12(17)16-8-4-2-1-3-6(8)11(15)18/h1-5H,(H2,15,18)(H,16,17). The molecule has 1 amide bonds. The minimum atomic E-state index is -0.211. The molecular formula is C12H8Br2N2OS2. The minimum Gasteiger partial charge on any atom is -0.389 e. The van der Waals surface area contributed by atoms with Gasteiger partial charge in [-0.05, 0) is 50.1 Å². The van der Waals surface area contributed by atoms with Crippen LogP contribution in [-0.4, -0.2) is 10.9 Å². The van der Waals surface area contributed by atoms with E-state index in [1.54, 1.807) is 18.2 Å². The number of hydrogen-bond donors (Lipinski definition) is 2. The Balaban J connectivity index is 2.29. The monoisotopic (exact) mass is 418 g/mol. The third-order valence-corrected chi connectivity index (χ3v) is 4.90. The first kappa shape index (κ1) is 14.6. The van der Waals surface area contributed by atoms with E-state index in [0.717, 1.165) is 7.57 Å². The van der Waals surface area contributed by atoms with Crippen LogP contribution in [0.4, 0.5) is 5.69 Å². The van der Waals surface area contributed by atoms with Crippen LogP contribution in [0, 0.1) is 0 Å². The number of hydrogen-bond acceptors (Lipinski definition) is 3. The van der Waals surface area contributed by atoms with Crippen LogP contribution in [0.1, 0.15) is 15.9 Å². The number of para-hydroxylation sites is 1. The van der Waals surface area contributed by atoms with Crippen LogP contribution < -0.4 is 11.1 Å². The fraction of sp³-hybridized carbons (Fsp3) is 0. The molecule has 3 N–H and O–H groups in total. The lowest BCUT2D eigenvalue weighted by molar-refractivity contribution is 0.102. The van der Waals surface area contributed by atoms with Crippen molar-refractivity contribution in [3.63, 3.8) is 0 Å². The zero-order chi connectivity index (χ0) is 14.0. The summed E-state index contributed by atoms with van der Waals surface area (Å²) >= 11 is 13.1. The topological polar surface area (TPSA) is 55.1 Å². The smallest absolute Gasteiger partial charge is 0.257 e. The average Bonchev–Trinajstić information content (AvgIpc) is 2.69.